The molecule has 0 radical (unpaired) electrons. The first-order valence-corrected chi connectivity index (χ1v) is 6.66. The van der Waals surface area contributed by atoms with Crippen molar-refractivity contribution < 1.29 is 4.79 Å². The van der Waals surface area contributed by atoms with Crippen molar-refractivity contribution in [3.63, 3.8) is 0 Å². The molecular formula is C15H22N4O. The largest absolute Gasteiger partial charge is 0.399 e. The summed E-state index contributed by atoms with van der Waals surface area (Å²) >= 11 is 0. The van der Waals surface area contributed by atoms with Gasteiger partial charge in [-0.15, -0.1) is 0 Å². The second kappa shape index (κ2) is 6.80. The lowest BCUT2D eigenvalue weighted by Crippen LogP contribution is -2.35. The van der Waals surface area contributed by atoms with Gasteiger partial charge in [-0.3, -0.25) is 4.79 Å². The first-order valence-electron chi connectivity index (χ1n) is 6.66. The van der Waals surface area contributed by atoms with Gasteiger partial charge in [-0.25, -0.2) is 0 Å². The number of anilines is 2. The van der Waals surface area contributed by atoms with Crippen LogP contribution in [0.4, 0.5) is 11.4 Å². The second-order valence-electron chi connectivity index (χ2n) is 5.04. The van der Waals surface area contributed by atoms with Crippen LogP contribution in [0.2, 0.25) is 0 Å². The number of amides is 1. The maximum absolute atomic E-state index is 12.6. The molecule has 0 spiro atoms. The van der Waals surface area contributed by atoms with Gasteiger partial charge in [-0.05, 0) is 32.0 Å². The molecule has 2 N–H and O–H groups in total. The van der Waals surface area contributed by atoms with Gasteiger partial charge in [0.2, 0.25) is 0 Å². The van der Waals surface area contributed by atoms with Gasteiger partial charge in [-0.1, -0.05) is 0 Å². The standard InChI is InChI=1S/C15H22N4O/c1-5-19(10-11(2)9-16)15(20)13-8-12(17)6-7-14(13)18(3)4/h6-8,11H,5,10,17H2,1-4H3. The topological polar surface area (TPSA) is 73.4 Å². The summed E-state index contributed by atoms with van der Waals surface area (Å²) in [7, 11) is 3.77. The van der Waals surface area contributed by atoms with E-state index in [1.807, 2.05) is 38.9 Å². The maximum atomic E-state index is 12.6. The number of nitrogens with two attached hydrogens (primary N) is 1. The molecule has 0 aromatic heterocycles. The normalized spacial score (nSPS) is 11.6. The van der Waals surface area contributed by atoms with Crippen LogP contribution in [0.3, 0.4) is 0 Å². The Morgan fingerprint density at radius 2 is 2.10 bits per heavy atom. The average Bonchev–Trinajstić information content (AvgIpc) is 2.43. The first kappa shape index (κ1) is 15.8. The number of nitrogens with zero attached hydrogens (tertiary/aromatic N) is 3. The molecular weight excluding hydrogens is 252 g/mol. The lowest BCUT2D eigenvalue weighted by molar-refractivity contribution is 0.0753. The van der Waals surface area contributed by atoms with Crippen molar-refractivity contribution in [3.05, 3.63) is 23.8 Å². The average molecular weight is 274 g/mol. The van der Waals surface area contributed by atoms with Crippen LogP contribution in [0.25, 0.3) is 0 Å². The second-order valence-corrected chi connectivity index (χ2v) is 5.04. The molecule has 1 atom stereocenters. The van der Waals surface area contributed by atoms with Gasteiger partial charge in [-0.2, -0.15) is 5.26 Å². The third-order valence-corrected chi connectivity index (χ3v) is 3.12. The number of carbonyl (C=O) groups excluding carboxylic acids is 1. The fourth-order valence-corrected chi connectivity index (χ4v) is 2.01. The third-order valence-electron chi connectivity index (χ3n) is 3.12. The highest BCUT2D eigenvalue weighted by Gasteiger charge is 2.20. The predicted octanol–water partition coefficient (Wildman–Crippen LogP) is 1.96. The highest BCUT2D eigenvalue weighted by Crippen LogP contribution is 2.23. The van der Waals surface area contributed by atoms with Crippen LogP contribution in [0.1, 0.15) is 24.2 Å². The SMILES string of the molecule is CCN(CC(C)C#N)C(=O)c1cc(N)ccc1N(C)C. The molecule has 0 aliphatic carbocycles. The smallest absolute Gasteiger partial charge is 0.256 e. The summed E-state index contributed by atoms with van der Waals surface area (Å²) in [6.07, 6.45) is 0. The number of rotatable bonds is 5. The number of nitrogen functional groups attached to an aromatic ring is 1. The van der Waals surface area contributed by atoms with E-state index < -0.39 is 0 Å². The van der Waals surface area contributed by atoms with Crippen molar-refractivity contribution in [2.45, 2.75) is 13.8 Å². The van der Waals surface area contributed by atoms with Crippen molar-refractivity contribution in [1.29, 1.82) is 5.26 Å². The van der Waals surface area contributed by atoms with Gasteiger partial charge < -0.3 is 15.5 Å². The maximum Gasteiger partial charge on any atom is 0.256 e. The molecule has 0 aliphatic rings. The molecule has 1 rings (SSSR count). The summed E-state index contributed by atoms with van der Waals surface area (Å²) in [5.41, 5.74) is 7.75. The van der Waals surface area contributed by atoms with E-state index >= 15 is 0 Å². The van der Waals surface area contributed by atoms with Crippen molar-refractivity contribution in [2.75, 3.05) is 37.8 Å². The molecule has 5 heteroatoms. The lowest BCUT2D eigenvalue weighted by atomic mass is 10.1. The molecule has 0 heterocycles. The summed E-state index contributed by atoms with van der Waals surface area (Å²) in [6.45, 7) is 4.70. The Balaban J connectivity index is 3.12. The number of benzene rings is 1. The van der Waals surface area contributed by atoms with E-state index in [9.17, 15) is 4.79 Å². The zero-order valence-electron chi connectivity index (χ0n) is 12.6. The molecule has 0 saturated heterocycles. The van der Waals surface area contributed by atoms with Crippen molar-refractivity contribution >= 4 is 17.3 Å². The summed E-state index contributed by atoms with van der Waals surface area (Å²) in [5.74, 6) is -0.284. The van der Waals surface area contributed by atoms with Gasteiger partial charge >= 0.3 is 0 Å². The lowest BCUT2D eigenvalue weighted by Gasteiger charge is -2.25. The van der Waals surface area contributed by atoms with Crippen molar-refractivity contribution in [3.8, 4) is 6.07 Å². The van der Waals surface area contributed by atoms with Gasteiger partial charge in [0.25, 0.3) is 5.91 Å². The molecule has 1 amide bonds. The van der Waals surface area contributed by atoms with Gasteiger partial charge in [0.05, 0.1) is 17.6 Å². The van der Waals surface area contributed by atoms with E-state index in [0.29, 0.717) is 24.3 Å². The van der Waals surface area contributed by atoms with Gasteiger partial charge in [0.15, 0.2) is 0 Å². The van der Waals surface area contributed by atoms with E-state index in [4.69, 9.17) is 11.0 Å². The van der Waals surface area contributed by atoms with E-state index in [1.165, 1.54) is 0 Å². The fourth-order valence-electron chi connectivity index (χ4n) is 2.01. The molecule has 0 saturated carbocycles. The van der Waals surface area contributed by atoms with Crippen LogP contribution in [-0.4, -0.2) is 38.0 Å². The molecule has 0 aliphatic heterocycles. The third kappa shape index (κ3) is 3.64. The highest BCUT2D eigenvalue weighted by atomic mass is 16.2. The summed E-state index contributed by atoms with van der Waals surface area (Å²) < 4.78 is 0. The van der Waals surface area contributed by atoms with Crippen LogP contribution in [-0.2, 0) is 0 Å². The molecule has 1 aromatic rings. The Hall–Kier alpha value is -2.22. The van der Waals surface area contributed by atoms with Crippen molar-refractivity contribution in [1.82, 2.24) is 4.90 Å². The molecule has 20 heavy (non-hydrogen) atoms. The molecule has 0 fully saturated rings. The van der Waals surface area contributed by atoms with Crippen LogP contribution in [0, 0.1) is 17.2 Å². The minimum atomic E-state index is -0.192. The van der Waals surface area contributed by atoms with Crippen LogP contribution < -0.4 is 10.6 Å². The Labute approximate surface area is 120 Å². The quantitative estimate of drug-likeness (QED) is 0.833. The van der Waals surface area contributed by atoms with Crippen LogP contribution >= 0.6 is 0 Å². The Bertz CT molecular complexity index is 519. The van der Waals surface area contributed by atoms with Crippen LogP contribution in [0.15, 0.2) is 18.2 Å². The Kier molecular flexibility index (Phi) is 5.39. The fraction of sp³-hybridized carbons (Fsp3) is 0.467. The van der Waals surface area contributed by atoms with Crippen LogP contribution in [0.5, 0.6) is 0 Å². The summed E-state index contributed by atoms with van der Waals surface area (Å²) in [5, 5.41) is 8.90. The number of nitriles is 1. The minimum Gasteiger partial charge on any atom is -0.399 e. The highest BCUT2D eigenvalue weighted by molar-refractivity contribution is 6.00. The zero-order chi connectivity index (χ0) is 15.3. The van der Waals surface area contributed by atoms with E-state index in [1.54, 1.807) is 17.0 Å². The molecule has 1 aromatic carbocycles. The molecule has 1 unspecified atom stereocenters. The monoisotopic (exact) mass is 274 g/mol. The first-order chi connectivity index (χ1) is 9.40. The number of carbonyl (C=O) groups is 1. The van der Waals surface area contributed by atoms with Crippen molar-refractivity contribution in [2.24, 2.45) is 5.92 Å². The Morgan fingerprint density at radius 1 is 1.45 bits per heavy atom. The summed E-state index contributed by atoms with van der Waals surface area (Å²) in [6, 6.07) is 7.46. The number of hydrogen-bond acceptors (Lipinski definition) is 4. The Morgan fingerprint density at radius 3 is 2.60 bits per heavy atom. The molecule has 108 valence electrons. The van der Waals surface area contributed by atoms with Gasteiger partial charge in [0.1, 0.15) is 0 Å². The van der Waals surface area contributed by atoms with E-state index in [2.05, 4.69) is 6.07 Å². The van der Waals surface area contributed by atoms with E-state index in [0.717, 1.165) is 5.69 Å². The predicted molar refractivity (Wildman–Crippen MR) is 81.5 cm³/mol. The molecule has 5 nitrogen and oxygen atoms in total. The molecule has 0 bridgehead atoms. The summed E-state index contributed by atoms with van der Waals surface area (Å²) in [4.78, 5) is 16.2. The van der Waals surface area contributed by atoms with Gasteiger partial charge in [0, 0.05) is 38.6 Å². The number of hydrogen-bond donors (Lipinski definition) is 1. The van der Waals surface area contributed by atoms with E-state index in [-0.39, 0.29) is 11.8 Å². The zero-order valence-corrected chi connectivity index (χ0v) is 12.6. The minimum absolute atomic E-state index is 0.0920.